The predicted molar refractivity (Wildman–Crippen MR) is 47.4 cm³/mol. The molecule has 0 spiro atoms. The van der Waals surface area contributed by atoms with Gasteiger partial charge in [-0.15, -0.1) is 11.3 Å². The number of thiophene rings is 1. The van der Waals surface area contributed by atoms with Gasteiger partial charge in [-0.1, -0.05) is 6.92 Å². The van der Waals surface area contributed by atoms with Crippen LogP contribution in [0.2, 0.25) is 0 Å². The van der Waals surface area contributed by atoms with Crippen LogP contribution in [0, 0.1) is 0 Å². The van der Waals surface area contributed by atoms with Crippen LogP contribution < -0.4 is 0 Å². The summed E-state index contributed by atoms with van der Waals surface area (Å²) in [6, 6.07) is 2.98. The molecule has 0 N–H and O–H groups in total. The van der Waals surface area contributed by atoms with E-state index in [0.717, 1.165) is 11.3 Å². The Balaban J connectivity index is 3.13. The summed E-state index contributed by atoms with van der Waals surface area (Å²) in [7, 11) is -3.13. The largest absolute Gasteiger partial charge is 0.297 e. The highest BCUT2D eigenvalue weighted by atomic mass is 32.2. The van der Waals surface area contributed by atoms with Crippen LogP contribution in [-0.2, 0) is 9.84 Å². The zero-order chi connectivity index (χ0) is 9.19. The van der Waals surface area contributed by atoms with Crippen molar-refractivity contribution in [1.82, 2.24) is 0 Å². The van der Waals surface area contributed by atoms with Crippen molar-refractivity contribution in [3.05, 3.63) is 17.0 Å². The van der Waals surface area contributed by atoms with Gasteiger partial charge in [0.2, 0.25) is 0 Å². The molecule has 3 nitrogen and oxygen atoms in total. The Bertz CT molecular complexity index is 375. The van der Waals surface area contributed by atoms with E-state index in [2.05, 4.69) is 0 Å². The van der Waals surface area contributed by atoms with E-state index < -0.39 is 9.84 Å². The topological polar surface area (TPSA) is 51.2 Å². The standard InChI is InChI=1S/C7H8O3S2/c1-2-12(9,10)7-4-3-6(5-8)11-7/h3-5H,2H2,1H3. The quantitative estimate of drug-likeness (QED) is 0.698. The molecule has 0 radical (unpaired) electrons. The highest BCUT2D eigenvalue weighted by Crippen LogP contribution is 2.20. The van der Waals surface area contributed by atoms with Crippen molar-refractivity contribution in [2.45, 2.75) is 11.1 Å². The maximum absolute atomic E-state index is 11.2. The minimum Gasteiger partial charge on any atom is -0.297 e. The molecule has 0 aliphatic heterocycles. The molecule has 5 heteroatoms. The van der Waals surface area contributed by atoms with Crippen molar-refractivity contribution in [1.29, 1.82) is 0 Å². The van der Waals surface area contributed by atoms with Crippen LogP contribution in [-0.4, -0.2) is 20.5 Å². The molecule has 0 aliphatic carbocycles. The zero-order valence-corrected chi connectivity index (χ0v) is 8.11. The number of aldehydes is 1. The molecule has 0 aliphatic rings. The van der Waals surface area contributed by atoms with E-state index in [0.29, 0.717) is 11.2 Å². The van der Waals surface area contributed by atoms with Crippen LogP contribution in [0.5, 0.6) is 0 Å². The first-order chi connectivity index (χ1) is 5.60. The second kappa shape index (κ2) is 3.37. The molecular weight excluding hydrogens is 196 g/mol. The summed E-state index contributed by atoms with van der Waals surface area (Å²) in [5.74, 6) is 0.0752. The third-order valence-electron chi connectivity index (χ3n) is 1.40. The first-order valence-corrected chi connectivity index (χ1v) is 5.85. The monoisotopic (exact) mass is 204 g/mol. The summed E-state index contributed by atoms with van der Waals surface area (Å²) in [6.07, 6.45) is 0.652. The maximum Gasteiger partial charge on any atom is 0.187 e. The van der Waals surface area contributed by atoms with Crippen LogP contribution in [0.1, 0.15) is 16.6 Å². The Morgan fingerprint density at radius 2 is 2.17 bits per heavy atom. The molecule has 0 aromatic carbocycles. The number of carbonyl (C=O) groups excluding carboxylic acids is 1. The van der Waals surface area contributed by atoms with Gasteiger partial charge in [0, 0.05) is 0 Å². The number of rotatable bonds is 3. The Kier molecular flexibility index (Phi) is 2.64. The van der Waals surface area contributed by atoms with E-state index >= 15 is 0 Å². The zero-order valence-electron chi connectivity index (χ0n) is 6.48. The van der Waals surface area contributed by atoms with Gasteiger partial charge >= 0.3 is 0 Å². The van der Waals surface area contributed by atoms with E-state index in [1.54, 1.807) is 6.92 Å². The molecule has 0 amide bonds. The fraction of sp³-hybridized carbons (Fsp3) is 0.286. The minimum atomic E-state index is -3.13. The number of hydrogen-bond donors (Lipinski definition) is 0. The smallest absolute Gasteiger partial charge is 0.187 e. The molecule has 1 aromatic rings. The van der Waals surface area contributed by atoms with Crippen LogP contribution >= 0.6 is 11.3 Å². The number of sulfone groups is 1. The molecule has 1 aromatic heterocycles. The molecule has 66 valence electrons. The van der Waals surface area contributed by atoms with Crippen LogP contribution in [0.4, 0.5) is 0 Å². The van der Waals surface area contributed by atoms with Gasteiger partial charge in [0.25, 0.3) is 0 Å². The lowest BCUT2D eigenvalue weighted by molar-refractivity contribution is 0.112. The van der Waals surface area contributed by atoms with E-state index in [-0.39, 0.29) is 9.96 Å². The van der Waals surface area contributed by atoms with Crippen molar-refractivity contribution in [3.8, 4) is 0 Å². The van der Waals surface area contributed by atoms with Gasteiger partial charge in [0.1, 0.15) is 4.21 Å². The third kappa shape index (κ3) is 1.73. The van der Waals surface area contributed by atoms with Gasteiger partial charge in [-0.2, -0.15) is 0 Å². The first kappa shape index (κ1) is 9.41. The summed E-state index contributed by atoms with van der Waals surface area (Å²) in [4.78, 5) is 10.7. The Morgan fingerprint density at radius 3 is 2.58 bits per heavy atom. The molecule has 0 fully saturated rings. The molecule has 1 rings (SSSR count). The highest BCUT2D eigenvalue weighted by Gasteiger charge is 2.13. The maximum atomic E-state index is 11.2. The average Bonchev–Trinajstić information content (AvgIpc) is 2.52. The van der Waals surface area contributed by atoms with Crippen molar-refractivity contribution < 1.29 is 13.2 Å². The summed E-state index contributed by atoms with van der Waals surface area (Å²) < 4.78 is 22.7. The molecule has 0 saturated carbocycles. The summed E-state index contributed by atoms with van der Waals surface area (Å²) in [6.45, 7) is 1.58. The van der Waals surface area contributed by atoms with Crippen LogP contribution in [0.3, 0.4) is 0 Å². The third-order valence-corrected chi connectivity index (χ3v) is 4.73. The Hall–Kier alpha value is -0.680. The van der Waals surface area contributed by atoms with E-state index in [1.165, 1.54) is 12.1 Å². The fourth-order valence-corrected chi connectivity index (χ4v) is 2.97. The lowest BCUT2D eigenvalue weighted by Crippen LogP contribution is -2.00. The number of hydrogen-bond acceptors (Lipinski definition) is 4. The van der Waals surface area contributed by atoms with Crippen molar-refractivity contribution in [2.24, 2.45) is 0 Å². The summed E-state index contributed by atoms with van der Waals surface area (Å²) >= 11 is 1.01. The first-order valence-electron chi connectivity index (χ1n) is 3.38. The molecule has 0 saturated heterocycles. The number of carbonyl (C=O) groups is 1. The highest BCUT2D eigenvalue weighted by molar-refractivity contribution is 7.93. The van der Waals surface area contributed by atoms with Crippen molar-refractivity contribution >= 4 is 27.5 Å². The molecular formula is C7H8O3S2. The van der Waals surface area contributed by atoms with Gasteiger partial charge in [0.15, 0.2) is 16.1 Å². The lowest BCUT2D eigenvalue weighted by Gasteiger charge is -1.93. The molecule has 1 heterocycles. The van der Waals surface area contributed by atoms with Crippen LogP contribution in [0.25, 0.3) is 0 Å². The Morgan fingerprint density at radius 1 is 1.50 bits per heavy atom. The SMILES string of the molecule is CCS(=O)(=O)c1ccc(C=O)s1. The average molecular weight is 204 g/mol. The van der Waals surface area contributed by atoms with Gasteiger partial charge < -0.3 is 0 Å². The fourth-order valence-electron chi connectivity index (χ4n) is 0.707. The second-order valence-corrected chi connectivity index (χ2v) is 5.80. The van der Waals surface area contributed by atoms with E-state index in [9.17, 15) is 13.2 Å². The Labute approximate surface area is 75.0 Å². The minimum absolute atomic E-state index is 0.0752. The molecule has 0 unspecified atom stereocenters. The second-order valence-electron chi connectivity index (χ2n) is 2.18. The lowest BCUT2D eigenvalue weighted by atomic mass is 10.5. The van der Waals surface area contributed by atoms with Crippen molar-refractivity contribution in [2.75, 3.05) is 5.75 Å². The van der Waals surface area contributed by atoms with Crippen LogP contribution in [0.15, 0.2) is 16.3 Å². The normalized spacial score (nSPS) is 11.4. The molecule has 0 bridgehead atoms. The summed E-state index contributed by atoms with van der Waals surface area (Å²) in [5.41, 5.74) is 0. The van der Waals surface area contributed by atoms with Gasteiger partial charge in [-0.05, 0) is 12.1 Å². The van der Waals surface area contributed by atoms with E-state index in [4.69, 9.17) is 0 Å². The van der Waals surface area contributed by atoms with Gasteiger partial charge in [-0.25, -0.2) is 8.42 Å². The predicted octanol–water partition coefficient (Wildman–Crippen LogP) is 1.35. The van der Waals surface area contributed by atoms with Gasteiger partial charge in [-0.3, -0.25) is 4.79 Å². The molecule has 0 atom stereocenters. The van der Waals surface area contributed by atoms with Crippen molar-refractivity contribution in [3.63, 3.8) is 0 Å². The van der Waals surface area contributed by atoms with Gasteiger partial charge in [0.05, 0.1) is 10.6 Å². The summed E-state index contributed by atoms with van der Waals surface area (Å²) in [5, 5.41) is 0. The molecule has 12 heavy (non-hydrogen) atoms. The van der Waals surface area contributed by atoms with E-state index in [1.807, 2.05) is 0 Å².